The van der Waals surface area contributed by atoms with E-state index in [2.05, 4.69) is 15.1 Å². The van der Waals surface area contributed by atoms with Crippen LogP contribution in [0.5, 0.6) is 0 Å². The van der Waals surface area contributed by atoms with Crippen molar-refractivity contribution >= 4 is 49.8 Å². The molecule has 2 aromatic carbocycles. The number of amides is 2. The summed E-state index contributed by atoms with van der Waals surface area (Å²) in [6.07, 6.45) is -2.23. The van der Waals surface area contributed by atoms with Gasteiger partial charge in [0.25, 0.3) is 0 Å². The van der Waals surface area contributed by atoms with Crippen molar-refractivity contribution in [1.82, 2.24) is 9.78 Å². The number of para-hydroxylation sites is 1. The number of fused-ring (bicyclic) bond motifs is 1. The van der Waals surface area contributed by atoms with E-state index >= 15 is 0 Å². The molecule has 2 amide bonds. The van der Waals surface area contributed by atoms with Crippen molar-refractivity contribution in [2.45, 2.75) is 23.6 Å². The van der Waals surface area contributed by atoms with Crippen molar-refractivity contribution in [3.8, 4) is 0 Å². The highest BCUT2D eigenvalue weighted by atomic mass is 32.3. The van der Waals surface area contributed by atoms with Crippen LogP contribution in [0.4, 0.5) is 35.0 Å². The van der Waals surface area contributed by atoms with Crippen LogP contribution in [0.2, 0.25) is 0 Å². The van der Waals surface area contributed by atoms with Gasteiger partial charge in [0.15, 0.2) is 5.69 Å². The molecule has 1 unspecified atom stereocenters. The van der Waals surface area contributed by atoms with Crippen LogP contribution in [0.25, 0.3) is 4.91 Å². The van der Waals surface area contributed by atoms with Crippen LogP contribution in [0.3, 0.4) is 0 Å². The third-order valence-corrected chi connectivity index (χ3v) is 9.57. The molecule has 0 fully saturated rings. The summed E-state index contributed by atoms with van der Waals surface area (Å²) in [4.78, 5) is 14.8. The van der Waals surface area contributed by atoms with E-state index in [1.54, 1.807) is 41.3 Å². The number of hydrogen-bond donors (Lipinski definition) is 2. The smallest absolute Gasteiger partial charge is 0.308 e. The predicted molar refractivity (Wildman–Crippen MR) is 138 cm³/mol. The van der Waals surface area contributed by atoms with Gasteiger partial charge in [0.05, 0.1) is 17.1 Å². The monoisotopic (exact) mass is 549 g/mol. The van der Waals surface area contributed by atoms with Gasteiger partial charge in [0.2, 0.25) is 10.0 Å². The number of thioether (sulfide) groups is 1. The second-order valence-electron chi connectivity index (χ2n) is 8.58. The maximum atomic E-state index is 13.1. The fourth-order valence-corrected chi connectivity index (χ4v) is 7.11. The molecule has 2 N–H and O–H groups in total. The first-order chi connectivity index (χ1) is 17.5. The molecule has 37 heavy (non-hydrogen) atoms. The number of allylic oxidation sites excluding steroid dienone is 1. The molecule has 1 atom stereocenters. The lowest BCUT2D eigenvalue weighted by molar-refractivity contribution is -0.141. The first-order valence-electron chi connectivity index (χ1n) is 11.3. The van der Waals surface area contributed by atoms with Crippen molar-refractivity contribution in [3.05, 3.63) is 77.6 Å². The van der Waals surface area contributed by atoms with Gasteiger partial charge < -0.3 is 5.32 Å². The van der Waals surface area contributed by atoms with Crippen molar-refractivity contribution in [3.63, 3.8) is 0 Å². The number of alkyl halides is 3. The number of halogens is 3. The van der Waals surface area contributed by atoms with E-state index in [1.807, 2.05) is 18.2 Å². The molecule has 0 aliphatic carbocycles. The number of hydrogen-bond acceptors (Lipinski definition) is 5. The summed E-state index contributed by atoms with van der Waals surface area (Å²) >= 11 is 0.968. The third-order valence-electron chi connectivity index (χ3n) is 6.03. The van der Waals surface area contributed by atoms with E-state index < -0.39 is 26.5 Å². The number of aryl methyl sites for hydroxylation is 1. The molecular formula is C24H22F3N5O3S2. The number of benzene rings is 2. The zero-order chi connectivity index (χ0) is 26.4. The average molecular weight is 550 g/mol. The molecule has 2 aliphatic heterocycles. The zero-order valence-electron chi connectivity index (χ0n) is 19.5. The van der Waals surface area contributed by atoms with Crippen LogP contribution >= 0.6 is 11.8 Å². The number of nitrogens with zero attached hydrogens (tertiary/aromatic N) is 3. The molecule has 13 heteroatoms. The van der Waals surface area contributed by atoms with Crippen LogP contribution in [0, 0.1) is 0 Å². The second kappa shape index (κ2) is 9.45. The Morgan fingerprint density at radius 1 is 1.11 bits per heavy atom. The number of anilines is 3. The van der Waals surface area contributed by atoms with Crippen LogP contribution < -0.4 is 14.9 Å². The van der Waals surface area contributed by atoms with Crippen molar-refractivity contribution < 1.29 is 26.4 Å². The SMILES string of the molecule is Cn1nc(C(F)(F)F)cc1C1=CCC(S(=O)(=O)Nc2ccc3c(c2)N(C(=O)Nc2ccccc2)CC3)S1. The summed E-state index contributed by atoms with van der Waals surface area (Å²) in [5, 5.41) is 6.33. The van der Waals surface area contributed by atoms with Crippen molar-refractivity contribution in [2.75, 3.05) is 21.5 Å². The van der Waals surface area contributed by atoms with Gasteiger partial charge in [0, 0.05) is 24.2 Å². The standard InChI is InChI=1S/C24H22F3N5O3S2/c1-31-19(14-21(29-31)24(25,26)27)20-9-10-22(36-20)37(34,35)30-17-8-7-15-11-12-32(18(15)13-17)23(33)28-16-5-3-2-4-6-16/h2-9,13-14,22,30H,10-12H2,1H3,(H,28,33). The van der Waals surface area contributed by atoms with Crippen LogP contribution in [0.15, 0.2) is 60.7 Å². The highest BCUT2D eigenvalue weighted by Gasteiger charge is 2.37. The molecule has 1 aromatic heterocycles. The second-order valence-corrected chi connectivity index (χ2v) is 12.0. The van der Waals surface area contributed by atoms with Gasteiger partial charge in [-0.2, -0.15) is 18.3 Å². The molecule has 3 aromatic rings. The highest BCUT2D eigenvalue weighted by molar-refractivity contribution is 8.19. The molecular weight excluding hydrogens is 527 g/mol. The molecule has 8 nitrogen and oxygen atoms in total. The minimum Gasteiger partial charge on any atom is -0.308 e. The number of sulfonamides is 1. The van der Waals surface area contributed by atoms with E-state index in [0.717, 1.165) is 28.1 Å². The van der Waals surface area contributed by atoms with Crippen molar-refractivity contribution in [2.24, 2.45) is 7.05 Å². The summed E-state index contributed by atoms with van der Waals surface area (Å²) in [6, 6.07) is 14.6. The predicted octanol–water partition coefficient (Wildman–Crippen LogP) is 5.28. The summed E-state index contributed by atoms with van der Waals surface area (Å²) in [7, 11) is -2.52. The van der Waals surface area contributed by atoms with E-state index in [4.69, 9.17) is 0 Å². The Labute approximate surface area is 215 Å². The first kappa shape index (κ1) is 25.2. The number of aromatic nitrogens is 2. The Kier molecular flexibility index (Phi) is 6.44. The Balaban J connectivity index is 1.29. The normalized spacial score (nSPS) is 17.5. The lowest BCUT2D eigenvalue weighted by Gasteiger charge is -2.19. The molecule has 2 aliphatic rings. The van der Waals surface area contributed by atoms with Crippen LogP contribution in [-0.2, 0) is 29.7 Å². The lowest BCUT2D eigenvalue weighted by Crippen LogP contribution is -2.33. The maximum Gasteiger partial charge on any atom is 0.435 e. The maximum absolute atomic E-state index is 13.1. The molecule has 5 rings (SSSR count). The van der Waals surface area contributed by atoms with Gasteiger partial charge in [-0.15, -0.1) is 11.8 Å². The van der Waals surface area contributed by atoms with Gasteiger partial charge in [-0.1, -0.05) is 30.3 Å². The zero-order valence-corrected chi connectivity index (χ0v) is 21.1. The van der Waals surface area contributed by atoms with Gasteiger partial charge in [0.1, 0.15) is 4.58 Å². The molecule has 0 spiro atoms. The Hall–Kier alpha value is -3.45. The van der Waals surface area contributed by atoms with Crippen LogP contribution in [0.1, 0.15) is 23.4 Å². The summed E-state index contributed by atoms with van der Waals surface area (Å²) in [5.41, 5.74) is 1.65. The van der Waals surface area contributed by atoms with E-state index in [0.29, 0.717) is 34.9 Å². The molecule has 0 bridgehead atoms. The lowest BCUT2D eigenvalue weighted by atomic mass is 10.1. The van der Waals surface area contributed by atoms with Gasteiger partial charge in [-0.3, -0.25) is 14.3 Å². The number of urea groups is 1. The summed E-state index contributed by atoms with van der Waals surface area (Å²) in [6.45, 7) is 0.459. The number of carbonyl (C=O) groups is 1. The van der Waals surface area contributed by atoms with E-state index in [9.17, 15) is 26.4 Å². The highest BCUT2D eigenvalue weighted by Crippen LogP contribution is 2.43. The largest absolute Gasteiger partial charge is 0.435 e. The molecule has 0 radical (unpaired) electrons. The molecule has 0 saturated heterocycles. The van der Waals surface area contributed by atoms with Gasteiger partial charge >= 0.3 is 12.2 Å². The minimum atomic E-state index is -4.59. The third kappa shape index (κ3) is 5.18. The first-order valence-corrected chi connectivity index (χ1v) is 13.7. The Morgan fingerprint density at radius 3 is 2.57 bits per heavy atom. The van der Waals surface area contributed by atoms with Gasteiger partial charge in [-0.05, 0) is 48.7 Å². The fourth-order valence-electron chi connectivity index (χ4n) is 4.23. The Bertz CT molecular complexity index is 1490. The molecule has 3 heterocycles. The van der Waals surface area contributed by atoms with Crippen molar-refractivity contribution in [1.29, 1.82) is 0 Å². The number of carbonyl (C=O) groups excluding carboxylic acids is 1. The van der Waals surface area contributed by atoms with Gasteiger partial charge in [-0.25, -0.2) is 13.2 Å². The van der Waals surface area contributed by atoms with E-state index in [1.165, 1.54) is 7.05 Å². The minimum absolute atomic E-state index is 0.123. The van der Waals surface area contributed by atoms with E-state index in [-0.39, 0.29) is 18.1 Å². The number of rotatable bonds is 5. The molecule has 194 valence electrons. The fraction of sp³-hybridized carbons (Fsp3) is 0.250. The average Bonchev–Trinajstić information content (AvgIpc) is 3.57. The van der Waals surface area contributed by atoms with Crippen LogP contribution in [-0.4, -0.2) is 35.4 Å². The Morgan fingerprint density at radius 2 is 1.86 bits per heavy atom. The molecule has 0 saturated carbocycles. The summed E-state index contributed by atoms with van der Waals surface area (Å²) < 4.78 is 68.0. The number of nitrogens with one attached hydrogen (secondary N) is 2. The summed E-state index contributed by atoms with van der Waals surface area (Å²) in [5.74, 6) is 0. The quantitative estimate of drug-likeness (QED) is 0.452. The topological polar surface area (TPSA) is 96.3 Å².